The number of hydrogen-bond donors (Lipinski definition) is 1. The van der Waals surface area contributed by atoms with Gasteiger partial charge in [0.1, 0.15) is 5.58 Å². The Morgan fingerprint density at radius 3 is 2.33 bits per heavy atom. The van der Waals surface area contributed by atoms with Crippen LogP contribution >= 0.6 is 0 Å². The summed E-state index contributed by atoms with van der Waals surface area (Å²) in [5.74, 6) is -1.13. The van der Waals surface area contributed by atoms with Gasteiger partial charge in [-0.05, 0) is 46.2 Å². The van der Waals surface area contributed by atoms with Crippen LogP contribution in [0.25, 0.3) is 11.0 Å². The summed E-state index contributed by atoms with van der Waals surface area (Å²) in [5, 5.41) is 0.824. The van der Waals surface area contributed by atoms with E-state index in [1.807, 2.05) is 18.2 Å². The molecule has 0 spiro atoms. The lowest BCUT2D eigenvalue weighted by atomic mass is 10.0. The van der Waals surface area contributed by atoms with E-state index in [9.17, 15) is 14.4 Å². The number of fused-ring (bicyclic) bond motifs is 1. The number of H-pyrrole nitrogens is 1. The van der Waals surface area contributed by atoms with Crippen LogP contribution < -0.4 is 0 Å². The van der Waals surface area contributed by atoms with Crippen molar-refractivity contribution in [3.05, 3.63) is 58.1 Å². The van der Waals surface area contributed by atoms with E-state index in [4.69, 9.17) is 9.15 Å². The smallest absolute Gasteiger partial charge is 0.375 e. The summed E-state index contributed by atoms with van der Waals surface area (Å²) in [5.41, 5.74) is 3.20. The van der Waals surface area contributed by atoms with Gasteiger partial charge < -0.3 is 14.1 Å². The monoisotopic (exact) mass is 367 g/mol. The molecule has 3 aromatic rings. The van der Waals surface area contributed by atoms with Gasteiger partial charge in [-0.1, -0.05) is 18.2 Å². The third kappa shape index (κ3) is 3.18. The third-order valence-corrected chi connectivity index (χ3v) is 4.72. The van der Waals surface area contributed by atoms with Crippen molar-refractivity contribution in [2.24, 2.45) is 0 Å². The topological polar surface area (TPSA) is 89.4 Å². The van der Waals surface area contributed by atoms with Gasteiger partial charge in [0, 0.05) is 22.2 Å². The minimum Gasteiger partial charge on any atom is -0.449 e. The molecule has 0 fully saturated rings. The molecule has 0 unspecified atom stereocenters. The molecule has 0 bridgehead atoms. The Balaban J connectivity index is 1.84. The first-order chi connectivity index (χ1) is 12.7. The normalized spacial score (nSPS) is 12.2. The van der Waals surface area contributed by atoms with Crippen molar-refractivity contribution in [3.8, 4) is 0 Å². The number of furan rings is 1. The highest BCUT2D eigenvalue weighted by molar-refractivity contribution is 6.06. The van der Waals surface area contributed by atoms with Crippen molar-refractivity contribution in [1.82, 2.24) is 4.98 Å². The molecule has 27 heavy (non-hydrogen) atoms. The number of esters is 1. The first-order valence-corrected chi connectivity index (χ1v) is 8.65. The van der Waals surface area contributed by atoms with E-state index in [0.717, 1.165) is 5.39 Å². The molecule has 140 valence electrons. The summed E-state index contributed by atoms with van der Waals surface area (Å²) >= 11 is 0. The zero-order valence-corrected chi connectivity index (χ0v) is 15.9. The van der Waals surface area contributed by atoms with Crippen LogP contribution in [0, 0.1) is 20.8 Å². The van der Waals surface area contributed by atoms with Gasteiger partial charge in [-0.2, -0.15) is 0 Å². The van der Waals surface area contributed by atoms with E-state index < -0.39 is 17.9 Å². The Labute approximate surface area is 156 Å². The van der Waals surface area contributed by atoms with Crippen LogP contribution in [0.4, 0.5) is 0 Å². The van der Waals surface area contributed by atoms with E-state index >= 15 is 0 Å². The number of aryl methyl sites for hydroxylation is 2. The van der Waals surface area contributed by atoms with E-state index in [-0.39, 0.29) is 17.2 Å². The average Bonchev–Trinajstić information content (AvgIpc) is 3.11. The molecule has 2 heterocycles. The van der Waals surface area contributed by atoms with Gasteiger partial charge in [0.25, 0.3) is 0 Å². The van der Waals surface area contributed by atoms with E-state index in [0.29, 0.717) is 28.0 Å². The summed E-state index contributed by atoms with van der Waals surface area (Å²) in [6.45, 7) is 8.15. The molecule has 0 aliphatic heterocycles. The third-order valence-electron chi connectivity index (χ3n) is 4.72. The minimum atomic E-state index is -1.03. The van der Waals surface area contributed by atoms with Gasteiger partial charge in [-0.25, -0.2) is 4.79 Å². The highest BCUT2D eigenvalue weighted by Gasteiger charge is 2.28. The molecule has 0 amide bonds. The maximum atomic E-state index is 12.7. The van der Waals surface area contributed by atoms with Crippen molar-refractivity contribution in [2.75, 3.05) is 0 Å². The van der Waals surface area contributed by atoms with E-state index in [1.54, 1.807) is 26.8 Å². The number of carbonyl (C=O) groups is 3. The predicted octanol–water partition coefficient (Wildman–Crippen LogP) is 4.32. The standard InChI is InChI=1S/C21H21NO5/c1-10-15-8-6-7-9-16(15)27-20(10)21(25)26-14(5)19(24)18-11(2)17(13(4)23)12(3)22-18/h6-9,14,22H,1-5H3/t14-/m1/s1. The average molecular weight is 367 g/mol. The van der Waals surface area contributed by atoms with Crippen LogP contribution in [0.3, 0.4) is 0 Å². The fourth-order valence-electron chi connectivity index (χ4n) is 3.36. The van der Waals surface area contributed by atoms with Gasteiger partial charge in [0.05, 0.1) is 5.69 Å². The highest BCUT2D eigenvalue weighted by atomic mass is 16.6. The number of aromatic amines is 1. The van der Waals surface area contributed by atoms with Crippen LogP contribution in [-0.4, -0.2) is 28.6 Å². The molecule has 1 N–H and O–H groups in total. The molecule has 0 saturated heterocycles. The SMILES string of the molecule is CC(=O)c1c(C)[nH]c(C(=O)[C@@H](C)OC(=O)c2oc3ccccc3c2C)c1C. The van der Waals surface area contributed by atoms with E-state index in [2.05, 4.69) is 4.98 Å². The first-order valence-electron chi connectivity index (χ1n) is 8.65. The van der Waals surface area contributed by atoms with Gasteiger partial charge in [-0.15, -0.1) is 0 Å². The number of ketones is 2. The van der Waals surface area contributed by atoms with Crippen LogP contribution in [0.15, 0.2) is 28.7 Å². The van der Waals surface area contributed by atoms with Crippen molar-refractivity contribution in [2.45, 2.75) is 40.7 Å². The second-order valence-corrected chi connectivity index (χ2v) is 6.65. The number of aromatic nitrogens is 1. The quantitative estimate of drug-likeness (QED) is 0.536. The Bertz CT molecular complexity index is 1070. The highest BCUT2D eigenvalue weighted by Crippen LogP contribution is 2.26. The molecule has 0 radical (unpaired) electrons. The first kappa shape index (κ1) is 18.6. The second-order valence-electron chi connectivity index (χ2n) is 6.65. The maximum Gasteiger partial charge on any atom is 0.375 e. The summed E-state index contributed by atoms with van der Waals surface area (Å²) in [6, 6.07) is 7.29. The number of benzene rings is 1. The summed E-state index contributed by atoms with van der Waals surface area (Å²) in [4.78, 5) is 39.9. The number of carbonyl (C=O) groups excluding carboxylic acids is 3. The Hall–Kier alpha value is -3.15. The molecule has 1 aromatic carbocycles. The zero-order valence-electron chi connectivity index (χ0n) is 15.9. The molecule has 0 aliphatic rings. The van der Waals surface area contributed by atoms with Crippen molar-refractivity contribution in [3.63, 3.8) is 0 Å². The van der Waals surface area contributed by atoms with Crippen LogP contribution in [0.5, 0.6) is 0 Å². The lowest BCUT2D eigenvalue weighted by Gasteiger charge is -2.11. The van der Waals surface area contributed by atoms with Gasteiger partial charge >= 0.3 is 5.97 Å². The van der Waals surface area contributed by atoms with Gasteiger partial charge in [0.15, 0.2) is 11.9 Å². The summed E-state index contributed by atoms with van der Waals surface area (Å²) in [6.07, 6.45) is -1.03. The molecular formula is C21H21NO5. The lowest BCUT2D eigenvalue weighted by molar-refractivity contribution is 0.0288. The number of para-hydroxylation sites is 1. The molecule has 0 saturated carbocycles. The molecule has 6 nitrogen and oxygen atoms in total. The number of Topliss-reactive ketones (excluding diaryl/α,β-unsaturated/α-hetero) is 2. The largest absolute Gasteiger partial charge is 0.449 e. The number of nitrogens with one attached hydrogen (secondary N) is 1. The lowest BCUT2D eigenvalue weighted by Crippen LogP contribution is -2.25. The zero-order chi connectivity index (χ0) is 19.9. The van der Waals surface area contributed by atoms with Crippen molar-refractivity contribution < 1.29 is 23.5 Å². The number of rotatable bonds is 5. The fourth-order valence-corrected chi connectivity index (χ4v) is 3.36. The summed E-state index contributed by atoms with van der Waals surface area (Å²) < 4.78 is 10.9. The van der Waals surface area contributed by atoms with E-state index in [1.165, 1.54) is 13.8 Å². The predicted molar refractivity (Wildman–Crippen MR) is 100 cm³/mol. The second kappa shape index (κ2) is 6.87. The molecule has 3 rings (SSSR count). The van der Waals surface area contributed by atoms with Crippen molar-refractivity contribution >= 4 is 28.5 Å². The van der Waals surface area contributed by atoms with Crippen LogP contribution in [0.2, 0.25) is 0 Å². The minimum absolute atomic E-state index is 0.0830. The van der Waals surface area contributed by atoms with Gasteiger partial charge in [-0.3, -0.25) is 9.59 Å². The molecule has 6 heteroatoms. The van der Waals surface area contributed by atoms with Crippen LogP contribution in [-0.2, 0) is 4.74 Å². The molecule has 2 aromatic heterocycles. The number of ether oxygens (including phenoxy) is 1. The Morgan fingerprint density at radius 2 is 1.74 bits per heavy atom. The van der Waals surface area contributed by atoms with Crippen LogP contribution in [0.1, 0.15) is 62.1 Å². The van der Waals surface area contributed by atoms with Crippen molar-refractivity contribution in [1.29, 1.82) is 0 Å². The Morgan fingerprint density at radius 1 is 1.07 bits per heavy atom. The molecular weight excluding hydrogens is 346 g/mol. The fraction of sp³-hybridized carbons (Fsp3) is 0.286. The molecule has 0 aliphatic carbocycles. The number of hydrogen-bond acceptors (Lipinski definition) is 5. The molecule has 1 atom stereocenters. The van der Waals surface area contributed by atoms with Gasteiger partial charge in [0.2, 0.25) is 11.5 Å². The maximum absolute atomic E-state index is 12.7. The Kier molecular flexibility index (Phi) is 4.74. The summed E-state index contributed by atoms with van der Waals surface area (Å²) in [7, 11) is 0.